The average Bonchev–Trinajstić information content (AvgIpc) is 2.81. The monoisotopic (exact) mass is 269 g/mol. The van der Waals surface area contributed by atoms with Crippen LogP contribution in [0.3, 0.4) is 0 Å². The summed E-state index contributed by atoms with van der Waals surface area (Å²) in [5.74, 6) is 1.63. The molecule has 0 radical (unpaired) electrons. The Morgan fingerprint density at radius 3 is 3.11 bits per heavy atom. The molecule has 18 heavy (non-hydrogen) atoms. The number of anilines is 1. The van der Waals surface area contributed by atoms with Gasteiger partial charge < -0.3 is 15.0 Å². The normalized spacial score (nSPS) is 19.5. The number of pyridine rings is 1. The molecule has 1 fully saturated rings. The topological polar surface area (TPSA) is 37.4 Å². The summed E-state index contributed by atoms with van der Waals surface area (Å²) in [7, 11) is 3.66. The highest BCUT2D eigenvalue weighted by Crippen LogP contribution is 2.25. The fraction of sp³-hybridized carbons (Fsp3) is 0.615. The van der Waals surface area contributed by atoms with Gasteiger partial charge in [0.15, 0.2) is 0 Å². The van der Waals surface area contributed by atoms with Crippen LogP contribution in [0.5, 0.6) is 0 Å². The molecular weight excluding hydrogens is 250 g/mol. The molecule has 1 atom stereocenters. The Balaban J connectivity index is 2.07. The van der Waals surface area contributed by atoms with Gasteiger partial charge in [0.05, 0.1) is 17.3 Å². The van der Waals surface area contributed by atoms with Crippen molar-refractivity contribution in [1.82, 2.24) is 10.3 Å². The van der Waals surface area contributed by atoms with Crippen molar-refractivity contribution in [2.24, 2.45) is 5.92 Å². The van der Waals surface area contributed by atoms with Crippen molar-refractivity contribution >= 4 is 17.4 Å². The first-order valence-corrected chi connectivity index (χ1v) is 6.66. The van der Waals surface area contributed by atoms with Crippen molar-refractivity contribution < 1.29 is 4.74 Å². The minimum absolute atomic E-state index is 0.611. The maximum atomic E-state index is 6.12. The number of rotatable bonds is 5. The lowest BCUT2D eigenvalue weighted by Crippen LogP contribution is -2.22. The van der Waals surface area contributed by atoms with Gasteiger partial charge in [-0.15, -0.1) is 0 Å². The third-order valence-corrected chi connectivity index (χ3v) is 3.60. The smallest absolute Gasteiger partial charge is 0.128 e. The minimum Gasteiger partial charge on any atom is -0.384 e. The average molecular weight is 270 g/mol. The van der Waals surface area contributed by atoms with Crippen molar-refractivity contribution in [1.29, 1.82) is 0 Å². The van der Waals surface area contributed by atoms with Crippen LogP contribution in [-0.4, -0.2) is 38.8 Å². The van der Waals surface area contributed by atoms with E-state index in [-0.39, 0.29) is 0 Å². The van der Waals surface area contributed by atoms with E-state index in [1.165, 1.54) is 6.42 Å². The SMILES string of the molecule is CNCc1nc(N2CCC(COC)C2)ccc1Cl. The quantitative estimate of drug-likeness (QED) is 0.886. The number of nitrogens with one attached hydrogen (secondary N) is 1. The molecule has 2 rings (SSSR count). The number of methoxy groups -OCH3 is 1. The zero-order chi connectivity index (χ0) is 13.0. The van der Waals surface area contributed by atoms with E-state index in [9.17, 15) is 0 Å². The van der Waals surface area contributed by atoms with Crippen molar-refractivity contribution in [2.45, 2.75) is 13.0 Å². The fourth-order valence-electron chi connectivity index (χ4n) is 2.35. The summed E-state index contributed by atoms with van der Waals surface area (Å²) in [6, 6.07) is 3.93. The highest BCUT2D eigenvalue weighted by molar-refractivity contribution is 6.31. The first-order chi connectivity index (χ1) is 8.74. The Labute approximate surface area is 113 Å². The summed E-state index contributed by atoms with van der Waals surface area (Å²) in [5, 5.41) is 3.81. The summed E-state index contributed by atoms with van der Waals surface area (Å²) < 4.78 is 5.21. The second-order valence-electron chi connectivity index (χ2n) is 4.68. The van der Waals surface area contributed by atoms with E-state index < -0.39 is 0 Å². The largest absolute Gasteiger partial charge is 0.384 e. The van der Waals surface area contributed by atoms with E-state index in [1.54, 1.807) is 7.11 Å². The molecule has 100 valence electrons. The molecule has 1 saturated heterocycles. The van der Waals surface area contributed by atoms with Crippen LogP contribution in [0.2, 0.25) is 5.02 Å². The van der Waals surface area contributed by atoms with E-state index in [0.29, 0.717) is 12.5 Å². The zero-order valence-electron chi connectivity index (χ0n) is 10.9. The highest BCUT2D eigenvalue weighted by Gasteiger charge is 2.23. The molecule has 1 aliphatic heterocycles. The number of hydrogen-bond donors (Lipinski definition) is 1. The van der Waals surface area contributed by atoms with Crippen LogP contribution in [0.1, 0.15) is 12.1 Å². The van der Waals surface area contributed by atoms with Crippen molar-refractivity contribution in [3.8, 4) is 0 Å². The van der Waals surface area contributed by atoms with Gasteiger partial charge in [-0.3, -0.25) is 0 Å². The van der Waals surface area contributed by atoms with Gasteiger partial charge in [0.25, 0.3) is 0 Å². The van der Waals surface area contributed by atoms with Crippen LogP contribution in [0.4, 0.5) is 5.82 Å². The molecule has 0 aliphatic carbocycles. The van der Waals surface area contributed by atoms with E-state index in [1.807, 2.05) is 19.2 Å². The minimum atomic E-state index is 0.611. The van der Waals surface area contributed by atoms with Gasteiger partial charge in [0.2, 0.25) is 0 Å². The lowest BCUT2D eigenvalue weighted by Gasteiger charge is -2.18. The number of ether oxygens (including phenoxy) is 1. The second-order valence-corrected chi connectivity index (χ2v) is 5.09. The fourth-order valence-corrected chi connectivity index (χ4v) is 2.52. The van der Waals surface area contributed by atoms with E-state index in [2.05, 4.69) is 15.2 Å². The van der Waals surface area contributed by atoms with Crippen LogP contribution in [0, 0.1) is 5.92 Å². The Kier molecular flexibility index (Phi) is 4.80. The molecule has 5 heteroatoms. The van der Waals surface area contributed by atoms with Crippen LogP contribution >= 0.6 is 11.6 Å². The third-order valence-electron chi connectivity index (χ3n) is 3.26. The van der Waals surface area contributed by atoms with Gasteiger partial charge in [0, 0.05) is 32.7 Å². The summed E-state index contributed by atoms with van der Waals surface area (Å²) in [6.45, 7) is 3.58. The highest BCUT2D eigenvalue weighted by atomic mass is 35.5. The van der Waals surface area contributed by atoms with E-state index in [4.69, 9.17) is 16.3 Å². The molecule has 0 aromatic carbocycles. The van der Waals surface area contributed by atoms with Gasteiger partial charge in [-0.1, -0.05) is 11.6 Å². The Hall–Kier alpha value is -0.840. The van der Waals surface area contributed by atoms with E-state index >= 15 is 0 Å². The van der Waals surface area contributed by atoms with Crippen LogP contribution in [0.15, 0.2) is 12.1 Å². The molecule has 1 N–H and O–H groups in total. The summed E-state index contributed by atoms with van der Waals surface area (Å²) in [4.78, 5) is 6.93. The van der Waals surface area contributed by atoms with Gasteiger partial charge in [-0.2, -0.15) is 0 Å². The zero-order valence-corrected chi connectivity index (χ0v) is 11.7. The number of aromatic nitrogens is 1. The van der Waals surface area contributed by atoms with Gasteiger partial charge in [-0.25, -0.2) is 4.98 Å². The van der Waals surface area contributed by atoms with Crippen LogP contribution in [0.25, 0.3) is 0 Å². The molecule has 0 bridgehead atoms. The van der Waals surface area contributed by atoms with Gasteiger partial charge in [0.1, 0.15) is 5.82 Å². The summed E-state index contributed by atoms with van der Waals surface area (Å²) in [5.41, 5.74) is 0.909. The molecule has 0 saturated carbocycles. The lowest BCUT2D eigenvalue weighted by molar-refractivity contribution is 0.161. The van der Waals surface area contributed by atoms with Gasteiger partial charge >= 0.3 is 0 Å². The predicted molar refractivity (Wildman–Crippen MR) is 74.2 cm³/mol. The van der Waals surface area contributed by atoms with Crippen molar-refractivity contribution in [3.05, 3.63) is 22.8 Å². The molecule has 1 unspecified atom stereocenters. The number of hydrogen-bond acceptors (Lipinski definition) is 4. The summed E-state index contributed by atoms with van der Waals surface area (Å²) >= 11 is 6.12. The number of halogens is 1. The predicted octanol–water partition coefficient (Wildman–Crippen LogP) is 1.93. The molecule has 1 aromatic heterocycles. The first kappa shape index (κ1) is 13.6. The summed E-state index contributed by atoms with van der Waals surface area (Å²) in [6.07, 6.45) is 1.17. The van der Waals surface area contributed by atoms with Crippen LogP contribution < -0.4 is 10.2 Å². The Bertz CT molecular complexity index is 400. The Morgan fingerprint density at radius 1 is 1.56 bits per heavy atom. The maximum Gasteiger partial charge on any atom is 0.128 e. The van der Waals surface area contributed by atoms with Crippen molar-refractivity contribution in [2.75, 3.05) is 38.8 Å². The second kappa shape index (κ2) is 6.36. The molecular formula is C13H20ClN3O. The molecule has 2 heterocycles. The Morgan fingerprint density at radius 2 is 2.39 bits per heavy atom. The number of nitrogens with zero attached hydrogens (tertiary/aromatic N) is 2. The van der Waals surface area contributed by atoms with Crippen LogP contribution in [-0.2, 0) is 11.3 Å². The molecule has 0 amide bonds. The molecule has 0 spiro atoms. The lowest BCUT2D eigenvalue weighted by atomic mass is 10.1. The molecule has 4 nitrogen and oxygen atoms in total. The van der Waals surface area contributed by atoms with Crippen molar-refractivity contribution in [3.63, 3.8) is 0 Å². The standard InChI is InChI=1S/C13H20ClN3O/c1-15-7-12-11(14)3-4-13(16-12)17-6-5-10(8-17)9-18-2/h3-4,10,15H,5-9H2,1-2H3. The molecule has 1 aromatic rings. The maximum absolute atomic E-state index is 6.12. The van der Waals surface area contributed by atoms with Gasteiger partial charge in [-0.05, 0) is 25.6 Å². The molecule has 1 aliphatic rings. The van der Waals surface area contributed by atoms with E-state index in [0.717, 1.165) is 36.2 Å². The third kappa shape index (κ3) is 3.13. The first-order valence-electron chi connectivity index (χ1n) is 6.28.